The number of aromatic nitrogens is 2. The van der Waals surface area contributed by atoms with Crippen molar-refractivity contribution in [2.24, 2.45) is 0 Å². The second kappa shape index (κ2) is 9.95. The molecule has 0 saturated heterocycles. The molecule has 4 aromatic rings. The fraction of sp³-hybridized carbons (Fsp3) is 0.185. The Morgan fingerprint density at radius 2 is 1.68 bits per heavy atom. The number of imidazole rings is 1. The first kappa shape index (κ1) is 23.3. The smallest absolute Gasteiger partial charge is 0.326 e. The van der Waals surface area contributed by atoms with Crippen molar-refractivity contribution in [3.63, 3.8) is 0 Å². The molecule has 3 aromatic carbocycles. The van der Waals surface area contributed by atoms with Crippen molar-refractivity contribution in [1.29, 1.82) is 0 Å². The number of carbonyl (C=O) groups excluding carboxylic acids is 1. The van der Waals surface area contributed by atoms with Crippen LogP contribution in [0.3, 0.4) is 0 Å². The Morgan fingerprint density at radius 3 is 2.32 bits per heavy atom. The number of aryl methyl sites for hydroxylation is 2. The summed E-state index contributed by atoms with van der Waals surface area (Å²) in [5.41, 5.74) is 3.60. The van der Waals surface area contributed by atoms with E-state index in [9.17, 15) is 18.0 Å². The monoisotopic (exact) mass is 463 g/mol. The van der Waals surface area contributed by atoms with Crippen molar-refractivity contribution in [3.05, 3.63) is 102 Å². The van der Waals surface area contributed by atoms with Crippen LogP contribution in [0.15, 0.2) is 85.3 Å². The van der Waals surface area contributed by atoms with E-state index in [4.69, 9.17) is 0 Å². The normalized spacial score (nSPS) is 11.4. The lowest BCUT2D eigenvalue weighted by atomic mass is 10.0. The Hall–Kier alpha value is -3.87. The van der Waals surface area contributed by atoms with Gasteiger partial charge in [0.1, 0.15) is 0 Å². The number of rotatable bonds is 7. The van der Waals surface area contributed by atoms with E-state index >= 15 is 0 Å². The summed E-state index contributed by atoms with van der Waals surface area (Å²) in [5.74, 6) is -0.326. The molecule has 174 valence electrons. The predicted octanol–water partition coefficient (Wildman–Crippen LogP) is 6.83. The zero-order chi connectivity index (χ0) is 24.1. The van der Waals surface area contributed by atoms with Crippen LogP contribution < -0.4 is 5.32 Å². The molecule has 0 radical (unpaired) electrons. The molecule has 0 aliphatic heterocycles. The molecule has 0 spiro atoms. The zero-order valence-corrected chi connectivity index (χ0v) is 18.6. The third-order valence-corrected chi connectivity index (χ3v) is 5.47. The van der Waals surface area contributed by atoms with E-state index < -0.39 is 11.7 Å². The van der Waals surface area contributed by atoms with Crippen molar-refractivity contribution < 1.29 is 18.0 Å². The first-order valence-electron chi connectivity index (χ1n) is 11.0. The summed E-state index contributed by atoms with van der Waals surface area (Å²) in [6, 6.07) is 21.7. The van der Waals surface area contributed by atoms with Crippen LogP contribution in [-0.2, 0) is 17.4 Å². The highest BCUT2D eigenvalue weighted by Gasteiger charge is 2.31. The lowest BCUT2D eigenvalue weighted by Gasteiger charge is -2.13. The minimum absolute atomic E-state index is 0.105. The van der Waals surface area contributed by atoms with Crippen LogP contribution in [0, 0.1) is 6.92 Å². The predicted molar refractivity (Wildman–Crippen MR) is 127 cm³/mol. The summed E-state index contributed by atoms with van der Waals surface area (Å²) in [6.07, 6.45) is 0.0323. The van der Waals surface area contributed by atoms with Crippen LogP contribution in [-0.4, -0.2) is 15.5 Å². The van der Waals surface area contributed by atoms with E-state index in [1.54, 1.807) is 13.1 Å². The molecular weight excluding hydrogens is 439 g/mol. The van der Waals surface area contributed by atoms with Crippen molar-refractivity contribution in [2.45, 2.75) is 32.4 Å². The maximum absolute atomic E-state index is 13.4. The van der Waals surface area contributed by atoms with Gasteiger partial charge in [-0.2, -0.15) is 13.2 Å². The number of anilines is 1. The third kappa shape index (κ3) is 5.92. The van der Waals surface area contributed by atoms with Crippen LogP contribution in [0.1, 0.15) is 29.7 Å². The molecular formula is C27H24F3N3O. The average Bonchev–Trinajstić information content (AvgIpc) is 3.26. The lowest BCUT2D eigenvalue weighted by Crippen LogP contribution is -2.14. The summed E-state index contributed by atoms with van der Waals surface area (Å²) in [4.78, 5) is 16.5. The van der Waals surface area contributed by atoms with E-state index in [0.29, 0.717) is 18.5 Å². The van der Waals surface area contributed by atoms with Crippen LogP contribution in [0.4, 0.5) is 18.9 Å². The van der Waals surface area contributed by atoms with E-state index in [0.717, 1.165) is 28.8 Å². The van der Waals surface area contributed by atoms with E-state index in [1.165, 1.54) is 17.0 Å². The Morgan fingerprint density at radius 1 is 0.971 bits per heavy atom. The number of amides is 1. The van der Waals surface area contributed by atoms with Gasteiger partial charge in [0, 0.05) is 24.0 Å². The van der Waals surface area contributed by atoms with Gasteiger partial charge in [0.25, 0.3) is 0 Å². The molecule has 1 heterocycles. The van der Waals surface area contributed by atoms with Crippen molar-refractivity contribution >= 4 is 11.6 Å². The minimum Gasteiger partial charge on any atom is -0.326 e. The molecule has 0 bridgehead atoms. The number of halogens is 3. The lowest BCUT2D eigenvalue weighted by molar-refractivity contribution is -0.137. The first-order chi connectivity index (χ1) is 16.3. The van der Waals surface area contributed by atoms with Gasteiger partial charge in [-0.3, -0.25) is 4.79 Å². The van der Waals surface area contributed by atoms with Gasteiger partial charge in [-0.1, -0.05) is 54.6 Å². The molecule has 34 heavy (non-hydrogen) atoms. The number of hydrogen-bond donors (Lipinski definition) is 1. The van der Waals surface area contributed by atoms with Gasteiger partial charge in [0.2, 0.25) is 5.91 Å². The largest absolute Gasteiger partial charge is 0.416 e. The summed E-state index contributed by atoms with van der Waals surface area (Å²) in [5, 5.41) is 2.62. The first-order valence-corrected chi connectivity index (χ1v) is 11.0. The zero-order valence-electron chi connectivity index (χ0n) is 18.6. The Bertz CT molecular complexity index is 1260. The number of carbonyl (C=O) groups is 1. The van der Waals surface area contributed by atoms with Crippen LogP contribution >= 0.6 is 0 Å². The van der Waals surface area contributed by atoms with Gasteiger partial charge in [-0.05, 0) is 54.7 Å². The maximum Gasteiger partial charge on any atom is 0.416 e. The summed E-state index contributed by atoms with van der Waals surface area (Å²) < 4.78 is 41.7. The highest BCUT2D eigenvalue weighted by Crippen LogP contribution is 2.33. The fourth-order valence-corrected chi connectivity index (χ4v) is 3.73. The topological polar surface area (TPSA) is 46.9 Å². The second-order valence-corrected chi connectivity index (χ2v) is 8.15. The number of nitrogens with one attached hydrogen (secondary N) is 1. The number of nitrogens with zero attached hydrogens (tertiary/aromatic N) is 2. The SMILES string of the molecule is Cc1cn(-c2cc(NC(=O)CCCc3ccc(-c4ccccc4)cc3)cc(C(F)(F)F)c2)cn1. The Balaban J connectivity index is 1.38. The molecule has 0 aliphatic carbocycles. The molecule has 0 saturated carbocycles. The van der Waals surface area contributed by atoms with E-state index in [1.807, 2.05) is 54.6 Å². The Labute approximate surface area is 196 Å². The molecule has 1 aromatic heterocycles. The number of benzene rings is 3. The molecule has 1 N–H and O–H groups in total. The van der Waals surface area contributed by atoms with Crippen molar-refractivity contribution in [3.8, 4) is 16.8 Å². The number of hydrogen-bond acceptors (Lipinski definition) is 2. The van der Waals surface area contributed by atoms with Crippen LogP contribution in [0.25, 0.3) is 16.8 Å². The summed E-state index contributed by atoms with van der Waals surface area (Å²) in [6.45, 7) is 1.75. The molecule has 7 heteroatoms. The molecule has 0 fully saturated rings. The van der Waals surface area contributed by atoms with Gasteiger partial charge in [-0.25, -0.2) is 4.98 Å². The average molecular weight is 464 g/mol. The maximum atomic E-state index is 13.4. The molecule has 4 nitrogen and oxygen atoms in total. The minimum atomic E-state index is -4.53. The van der Waals surface area contributed by atoms with Gasteiger partial charge < -0.3 is 9.88 Å². The highest BCUT2D eigenvalue weighted by atomic mass is 19.4. The van der Waals surface area contributed by atoms with E-state index in [-0.39, 0.29) is 23.7 Å². The van der Waals surface area contributed by atoms with E-state index in [2.05, 4.69) is 10.3 Å². The van der Waals surface area contributed by atoms with Crippen LogP contribution in [0.5, 0.6) is 0 Å². The van der Waals surface area contributed by atoms with Gasteiger partial charge in [-0.15, -0.1) is 0 Å². The molecule has 0 atom stereocenters. The number of alkyl halides is 3. The van der Waals surface area contributed by atoms with Gasteiger partial charge in [0.15, 0.2) is 0 Å². The standard InChI is InChI=1S/C27H24F3N3O/c1-19-17-33(18-31-19)25-15-23(27(28,29)30)14-24(16-25)32-26(34)9-5-6-20-10-12-22(13-11-20)21-7-3-2-4-8-21/h2-4,7-8,10-18H,5-6,9H2,1H3,(H,32,34). The highest BCUT2D eigenvalue weighted by molar-refractivity contribution is 5.91. The third-order valence-electron chi connectivity index (χ3n) is 5.47. The second-order valence-electron chi connectivity index (χ2n) is 8.15. The quantitative estimate of drug-likeness (QED) is 0.327. The molecule has 0 aliphatic rings. The molecule has 4 rings (SSSR count). The molecule has 1 amide bonds. The van der Waals surface area contributed by atoms with Gasteiger partial charge in [0.05, 0.1) is 17.6 Å². The Kier molecular flexibility index (Phi) is 6.82. The van der Waals surface area contributed by atoms with Crippen molar-refractivity contribution in [2.75, 3.05) is 5.32 Å². The van der Waals surface area contributed by atoms with Crippen molar-refractivity contribution in [1.82, 2.24) is 9.55 Å². The summed E-state index contributed by atoms with van der Waals surface area (Å²) >= 11 is 0. The molecule has 0 unspecified atom stereocenters. The summed E-state index contributed by atoms with van der Waals surface area (Å²) in [7, 11) is 0. The fourth-order valence-electron chi connectivity index (χ4n) is 3.73. The van der Waals surface area contributed by atoms with Crippen LogP contribution in [0.2, 0.25) is 0 Å². The van der Waals surface area contributed by atoms with Gasteiger partial charge >= 0.3 is 6.18 Å².